The van der Waals surface area contributed by atoms with Crippen molar-refractivity contribution >= 4 is 18.0 Å². The van der Waals surface area contributed by atoms with Crippen molar-refractivity contribution in [1.82, 2.24) is 0 Å². The van der Waals surface area contributed by atoms with E-state index in [9.17, 15) is 9.59 Å². The average molecular weight is 493 g/mol. The van der Waals surface area contributed by atoms with Gasteiger partial charge in [0.2, 0.25) is 0 Å². The molecular weight excluding hydrogens is 442 g/mol. The van der Waals surface area contributed by atoms with E-state index in [0.717, 1.165) is 56.5 Å². The zero-order chi connectivity index (χ0) is 26.3. The van der Waals surface area contributed by atoms with Gasteiger partial charge in [0.25, 0.3) is 0 Å². The van der Waals surface area contributed by atoms with Crippen LogP contribution in [0.3, 0.4) is 0 Å². The van der Waals surface area contributed by atoms with Gasteiger partial charge in [-0.2, -0.15) is 0 Å². The number of carboxylic acid groups (broad SMARTS) is 1. The van der Waals surface area contributed by atoms with E-state index in [1.807, 2.05) is 21.1 Å². The molecule has 0 aromatic carbocycles. The van der Waals surface area contributed by atoms with Crippen LogP contribution in [0.1, 0.15) is 107 Å². The Hall–Kier alpha value is -2.08. The van der Waals surface area contributed by atoms with Crippen LogP contribution in [0.4, 0.5) is 0 Å². The number of unbranched alkanes of at least 4 members (excludes halogenated alkanes) is 8. The minimum Gasteiger partial charge on any atom is -0.481 e. The number of rotatable bonds is 19. The Bertz CT molecular complexity index is 788. The number of esters is 1. The Kier molecular flexibility index (Phi) is 14.6. The fourth-order valence-corrected chi connectivity index (χ4v) is 4.24. The lowest BCUT2D eigenvalue weighted by Gasteiger charge is -2.28. The number of hydrogen-bond donors (Lipinski definition) is 1. The van der Waals surface area contributed by atoms with E-state index >= 15 is 0 Å². The highest BCUT2D eigenvalue weighted by atomic mass is 16.5. The van der Waals surface area contributed by atoms with E-state index < -0.39 is 12.1 Å². The summed E-state index contributed by atoms with van der Waals surface area (Å²) in [5.41, 5.74) is 2.56. The number of furan rings is 1. The molecule has 0 aliphatic carbocycles. The number of ether oxygens (including phenoxy) is 1. The largest absolute Gasteiger partial charge is 0.481 e. The standard InChI is InChI=1S/C29H49NO5/c1-7-8-15-18-26-23(2)24(3)27(35-26)19-16-13-11-9-10-12-14-17-20-29(33)34-25(21-28(31)32)22-30(4,5)6/h15,18,25H,7-14,16-17,19-22H2,1-6H3/p+1/b18-15+. The molecule has 1 aromatic heterocycles. The highest BCUT2D eigenvalue weighted by Gasteiger charge is 2.24. The monoisotopic (exact) mass is 492 g/mol. The molecule has 0 aliphatic heterocycles. The van der Waals surface area contributed by atoms with Gasteiger partial charge in [0, 0.05) is 12.8 Å². The van der Waals surface area contributed by atoms with Crippen LogP contribution in [0.5, 0.6) is 0 Å². The highest BCUT2D eigenvalue weighted by Crippen LogP contribution is 2.24. The third-order valence-electron chi connectivity index (χ3n) is 6.29. The zero-order valence-electron chi connectivity index (χ0n) is 23.2. The maximum Gasteiger partial charge on any atom is 0.307 e. The Labute approximate surface area is 213 Å². The molecule has 6 nitrogen and oxygen atoms in total. The molecule has 200 valence electrons. The summed E-state index contributed by atoms with van der Waals surface area (Å²) in [6, 6.07) is 0. The summed E-state index contributed by atoms with van der Waals surface area (Å²) in [5, 5.41) is 9.06. The van der Waals surface area contributed by atoms with Crippen LogP contribution in [0.2, 0.25) is 0 Å². The summed E-state index contributed by atoms with van der Waals surface area (Å²) in [7, 11) is 5.89. The fourth-order valence-electron chi connectivity index (χ4n) is 4.24. The molecule has 1 heterocycles. The number of carboxylic acids is 1. The maximum absolute atomic E-state index is 12.1. The van der Waals surface area contributed by atoms with E-state index in [1.54, 1.807) is 0 Å². The van der Waals surface area contributed by atoms with Gasteiger partial charge in [-0.25, -0.2) is 0 Å². The molecule has 1 unspecified atom stereocenters. The van der Waals surface area contributed by atoms with Crippen LogP contribution in [0.15, 0.2) is 10.5 Å². The van der Waals surface area contributed by atoms with Gasteiger partial charge in [-0.15, -0.1) is 0 Å². The molecule has 35 heavy (non-hydrogen) atoms. The number of aryl methyl sites for hydroxylation is 1. The molecule has 1 aromatic rings. The minimum atomic E-state index is -0.935. The molecule has 1 N–H and O–H groups in total. The lowest BCUT2D eigenvalue weighted by Crippen LogP contribution is -2.43. The summed E-state index contributed by atoms with van der Waals surface area (Å²) < 4.78 is 12.1. The lowest BCUT2D eigenvalue weighted by atomic mass is 10.0. The number of allylic oxidation sites excluding steroid dienone is 1. The molecule has 0 radical (unpaired) electrons. The van der Waals surface area contributed by atoms with Crippen molar-refractivity contribution in [3.05, 3.63) is 28.7 Å². The Morgan fingerprint density at radius 3 is 2.14 bits per heavy atom. The number of nitrogens with zero attached hydrogens (tertiary/aromatic N) is 1. The van der Waals surface area contributed by atoms with Gasteiger partial charge in [0.05, 0.1) is 27.6 Å². The molecule has 0 fully saturated rings. The van der Waals surface area contributed by atoms with Gasteiger partial charge in [0.15, 0.2) is 6.10 Å². The van der Waals surface area contributed by atoms with Gasteiger partial charge in [-0.1, -0.05) is 57.9 Å². The number of likely N-dealkylation sites (N-methyl/N-ethyl adjacent to an activating group) is 1. The summed E-state index contributed by atoms with van der Waals surface area (Å²) >= 11 is 0. The number of quaternary nitrogens is 1. The first-order chi connectivity index (χ1) is 16.5. The maximum atomic E-state index is 12.1. The molecule has 6 heteroatoms. The lowest BCUT2D eigenvalue weighted by molar-refractivity contribution is -0.873. The number of aliphatic carboxylic acids is 1. The SMILES string of the molecule is CCC/C=C/c1oc(CCCCCCCCCCC(=O)OC(CC(=O)O)C[N+](C)(C)C)c(C)c1C. The second-order valence-electron chi connectivity index (χ2n) is 10.8. The molecule has 0 spiro atoms. The van der Waals surface area contributed by atoms with E-state index in [4.69, 9.17) is 14.3 Å². The van der Waals surface area contributed by atoms with Gasteiger partial charge < -0.3 is 18.7 Å². The Morgan fingerprint density at radius 1 is 0.971 bits per heavy atom. The first-order valence-corrected chi connectivity index (χ1v) is 13.5. The molecule has 0 saturated carbocycles. The van der Waals surface area contributed by atoms with Crippen LogP contribution < -0.4 is 0 Å². The van der Waals surface area contributed by atoms with E-state index in [0.29, 0.717) is 17.4 Å². The second-order valence-corrected chi connectivity index (χ2v) is 10.8. The molecular formula is C29H50NO5+. The Balaban J connectivity index is 2.14. The summed E-state index contributed by atoms with van der Waals surface area (Å²) in [6.45, 7) is 6.99. The van der Waals surface area contributed by atoms with Gasteiger partial charge >= 0.3 is 11.9 Å². The number of carbonyl (C=O) groups excluding carboxylic acids is 1. The summed E-state index contributed by atoms with van der Waals surface area (Å²) in [6.07, 6.45) is 16.1. The molecule has 0 bridgehead atoms. The van der Waals surface area contributed by atoms with E-state index in [1.165, 1.54) is 36.8 Å². The first kappa shape index (κ1) is 31.0. The van der Waals surface area contributed by atoms with Crippen molar-refractivity contribution in [3.8, 4) is 0 Å². The van der Waals surface area contributed by atoms with E-state index in [2.05, 4.69) is 32.9 Å². The van der Waals surface area contributed by atoms with E-state index in [-0.39, 0.29) is 12.4 Å². The quantitative estimate of drug-likeness (QED) is 0.130. The fraction of sp³-hybridized carbons (Fsp3) is 0.724. The van der Waals surface area contributed by atoms with Crippen LogP contribution >= 0.6 is 0 Å². The van der Waals surface area contributed by atoms with Crippen LogP contribution in [-0.4, -0.2) is 55.3 Å². The molecule has 1 rings (SSSR count). The third-order valence-corrected chi connectivity index (χ3v) is 6.29. The zero-order valence-corrected chi connectivity index (χ0v) is 23.2. The Morgan fingerprint density at radius 2 is 1.57 bits per heavy atom. The minimum absolute atomic E-state index is 0.141. The predicted octanol–water partition coefficient (Wildman–Crippen LogP) is 6.86. The number of hydrogen-bond acceptors (Lipinski definition) is 4. The van der Waals surface area contributed by atoms with Crippen LogP contribution in [-0.2, 0) is 20.7 Å². The molecule has 0 saturated heterocycles. The smallest absolute Gasteiger partial charge is 0.307 e. The average Bonchev–Trinajstić information content (AvgIpc) is 3.01. The van der Waals surface area contributed by atoms with Gasteiger partial charge in [-0.3, -0.25) is 9.59 Å². The van der Waals surface area contributed by atoms with Gasteiger partial charge in [0.1, 0.15) is 18.1 Å². The summed E-state index contributed by atoms with van der Waals surface area (Å²) in [5.74, 6) is 0.935. The van der Waals surface area contributed by atoms with Crippen molar-refractivity contribution in [1.29, 1.82) is 0 Å². The van der Waals surface area contributed by atoms with Crippen molar-refractivity contribution in [3.63, 3.8) is 0 Å². The molecule has 0 aliphatic rings. The van der Waals surface area contributed by atoms with Crippen molar-refractivity contribution in [2.75, 3.05) is 27.7 Å². The van der Waals surface area contributed by atoms with Crippen molar-refractivity contribution < 1.29 is 28.3 Å². The van der Waals surface area contributed by atoms with Crippen molar-refractivity contribution in [2.24, 2.45) is 0 Å². The third kappa shape index (κ3) is 14.2. The second kappa shape index (κ2) is 16.6. The predicted molar refractivity (Wildman–Crippen MR) is 142 cm³/mol. The van der Waals surface area contributed by atoms with Crippen molar-refractivity contribution in [2.45, 2.75) is 110 Å². The topological polar surface area (TPSA) is 76.7 Å². The number of carbonyl (C=O) groups is 2. The summed E-state index contributed by atoms with van der Waals surface area (Å²) in [4.78, 5) is 23.2. The molecule has 1 atom stereocenters. The van der Waals surface area contributed by atoms with Gasteiger partial charge in [-0.05, 0) is 50.3 Å². The van der Waals surface area contributed by atoms with Crippen LogP contribution in [0.25, 0.3) is 6.08 Å². The van der Waals surface area contributed by atoms with Crippen LogP contribution in [0, 0.1) is 13.8 Å². The molecule has 0 amide bonds. The normalized spacial score (nSPS) is 12.9. The first-order valence-electron chi connectivity index (χ1n) is 13.5. The highest BCUT2D eigenvalue weighted by molar-refractivity contribution is 5.71.